The van der Waals surface area contributed by atoms with E-state index in [0.29, 0.717) is 11.4 Å². The maximum atomic E-state index is 12.3. The normalized spacial score (nSPS) is 12.1. The molecule has 5 heteroatoms. The van der Waals surface area contributed by atoms with Crippen LogP contribution in [0.2, 0.25) is 0 Å². The predicted octanol–water partition coefficient (Wildman–Crippen LogP) is 1.31. The van der Waals surface area contributed by atoms with E-state index in [1.54, 1.807) is 26.0 Å². The van der Waals surface area contributed by atoms with Crippen LogP contribution in [0.4, 0.5) is 0 Å². The van der Waals surface area contributed by atoms with E-state index in [1.165, 1.54) is 4.31 Å². The minimum Gasteiger partial charge on any atom is -0.395 e. The zero-order valence-corrected chi connectivity index (χ0v) is 11.3. The Kier molecular flexibility index (Phi) is 4.68. The van der Waals surface area contributed by atoms with Crippen molar-refractivity contribution in [1.29, 1.82) is 0 Å². The third-order valence-electron chi connectivity index (χ3n) is 2.65. The van der Waals surface area contributed by atoms with E-state index in [-0.39, 0.29) is 13.2 Å². The molecule has 0 aromatic heterocycles. The van der Waals surface area contributed by atoms with Crippen molar-refractivity contribution < 1.29 is 13.5 Å². The molecule has 1 aromatic carbocycles. The molecular weight excluding hydrogens is 238 g/mol. The Morgan fingerprint density at radius 2 is 1.94 bits per heavy atom. The average molecular weight is 257 g/mol. The quantitative estimate of drug-likeness (QED) is 0.865. The number of likely N-dealkylation sites (N-methyl/N-ethyl adjacent to an activating group) is 1. The van der Waals surface area contributed by atoms with Crippen LogP contribution in [-0.2, 0) is 10.0 Å². The number of sulfonamides is 1. The van der Waals surface area contributed by atoms with Crippen LogP contribution in [0.5, 0.6) is 0 Å². The van der Waals surface area contributed by atoms with Gasteiger partial charge in [-0.1, -0.05) is 24.6 Å². The van der Waals surface area contributed by atoms with E-state index < -0.39 is 10.0 Å². The molecule has 1 N–H and O–H groups in total. The van der Waals surface area contributed by atoms with Gasteiger partial charge in [0.2, 0.25) is 10.0 Å². The van der Waals surface area contributed by atoms with Gasteiger partial charge < -0.3 is 5.11 Å². The maximum Gasteiger partial charge on any atom is 0.243 e. The van der Waals surface area contributed by atoms with Crippen LogP contribution < -0.4 is 0 Å². The standard InChI is InChI=1S/C12H19NO3S/c1-4-13(7-8-14)17(15,16)12-6-5-10(2)9-11(12)3/h5-6,9,14H,4,7-8H2,1-3H3. The van der Waals surface area contributed by atoms with Gasteiger partial charge in [-0.25, -0.2) is 8.42 Å². The van der Waals surface area contributed by atoms with E-state index in [4.69, 9.17) is 5.11 Å². The smallest absolute Gasteiger partial charge is 0.243 e. The molecule has 0 aliphatic carbocycles. The molecule has 0 fully saturated rings. The van der Waals surface area contributed by atoms with E-state index in [1.807, 2.05) is 13.0 Å². The Morgan fingerprint density at radius 1 is 1.29 bits per heavy atom. The zero-order valence-electron chi connectivity index (χ0n) is 10.5. The summed E-state index contributed by atoms with van der Waals surface area (Å²) in [6, 6.07) is 5.26. The first-order valence-electron chi connectivity index (χ1n) is 5.61. The Balaban J connectivity index is 3.20. The lowest BCUT2D eigenvalue weighted by atomic mass is 10.2. The maximum absolute atomic E-state index is 12.3. The Hall–Kier alpha value is -0.910. The molecule has 0 heterocycles. The van der Waals surface area contributed by atoms with Crippen LogP contribution in [0.15, 0.2) is 23.1 Å². The zero-order chi connectivity index (χ0) is 13.1. The van der Waals surface area contributed by atoms with Crippen LogP contribution in [0.1, 0.15) is 18.1 Å². The summed E-state index contributed by atoms with van der Waals surface area (Å²) in [7, 11) is -3.49. The van der Waals surface area contributed by atoms with E-state index in [2.05, 4.69) is 0 Å². The first-order valence-corrected chi connectivity index (χ1v) is 7.05. The lowest BCUT2D eigenvalue weighted by Crippen LogP contribution is -2.33. The van der Waals surface area contributed by atoms with E-state index >= 15 is 0 Å². The number of nitrogens with zero attached hydrogens (tertiary/aromatic N) is 1. The van der Waals surface area contributed by atoms with Crippen molar-refractivity contribution in [2.24, 2.45) is 0 Å². The highest BCUT2D eigenvalue weighted by atomic mass is 32.2. The van der Waals surface area contributed by atoms with Crippen molar-refractivity contribution in [3.05, 3.63) is 29.3 Å². The average Bonchev–Trinajstić information content (AvgIpc) is 2.24. The number of rotatable bonds is 5. The van der Waals surface area contributed by atoms with Crippen LogP contribution in [0, 0.1) is 13.8 Å². The molecule has 0 unspecified atom stereocenters. The minimum absolute atomic E-state index is 0.131. The summed E-state index contributed by atoms with van der Waals surface area (Å²) in [5, 5.41) is 8.89. The van der Waals surface area contributed by atoms with Crippen molar-refractivity contribution >= 4 is 10.0 Å². The molecule has 0 aliphatic heterocycles. The number of aryl methyl sites for hydroxylation is 2. The second-order valence-electron chi connectivity index (χ2n) is 3.99. The summed E-state index contributed by atoms with van der Waals surface area (Å²) in [5.74, 6) is 0. The highest BCUT2D eigenvalue weighted by molar-refractivity contribution is 7.89. The summed E-state index contributed by atoms with van der Waals surface area (Å²) in [6.07, 6.45) is 0. The van der Waals surface area contributed by atoms with Crippen LogP contribution >= 0.6 is 0 Å². The third-order valence-corrected chi connectivity index (χ3v) is 4.78. The summed E-state index contributed by atoms with van der Waals surface area (Å²) < 4.78 is 25.9. The second-order valence-corrected chi connectivity index (χ2v) is 5.90. The number of benzene rings is 1. The highest BCUT2D eigenvalue weighted by Crippen LogP contribution is 2.20. The van der Waals surface area contributed by atoms with Crippen molar-refractivity contribution in [3.63, 3.8) is 0 Å². The molecule has 0 saturated carbocycles. The van der Waals surface area contributed by atoms with Crippen molar-refractivity contribution in [3.8, 4) is 0 Å². The molecule has 0 radical (unpaired) electrons. The molecule has 0 aliphatic rings. The lowest BCUT2D eigenvalue weighted by Gasteiger charge is -2.20. The monoisotopic (exact) mass is 257 g/mol. The van der Waals surface area contributed by atoms with Gasteiger partial charge >= 0.3 is 0 Å². The number of aliphatic hydroxyl groups excluding tert-OH is 1. The largest absolute Gasteiger partial charge is 0.395 e. The van der Waals surface area contributed by atoms with Gasteiger partial charge in [0.05, 0.1) is 11.5 Å². The molecular formula is C12H19NO3S. The Bertz CT molecular complexity index is 483. The Morgan fingerprint density at radius 3 is 2.41 bits per heavy atom. The fraction of sp³-hybridized carbons (Fsp3) is 0.500. The van der Waals surface area contributed by atoms with E-state index in [9.17, 15) is 8.42 Å². The molecule has 0 bridgehead atoms. The lowest BCUT2D eigenvalue weighted by molar-refractivity contribution is 0.257. The molecule has 96 valence electrons. The number of aliphatic hydroxyl groups is 1. The second kappa shape index (κ2) is 5.62. The van der Waals surface area contributed by atoms with Crippen molar-refractivity contribution in [1.82, 2.24) is 4.31 Å². The molecule has 0 atom stereocenters. The molecule has 17 heavy (non-hydrogen) atoms. The molecule has 1 rings (SSSR count). The van der Waals surface area contributed by atoms with Gasteiger partial charge in [0, 0.05) is 13.1 Å². The fourth-order valence-electron chi connectivity index (χ4n) is 1.79. The SMILES string of the molecule is CCN(CCO)S(=O)(=O)c1ccc(C)cc1C. The van der Waals surface area contributed by atoms with Gasteiger partial charge in [-0.2, -0.15) is 4.31 Å². The van der Waals surface area contributed by atoms with Crippen LogP contribution in [0.3, 0.4) is 0 Å². The first-order chi connectivity index (χ1) is 7.93. The topological polar surface area (TPSA) is 57.6 Å². The summed E-state index contributed by atoms with van der Waals surface area (Å²) >= 11 is 0. The summed E-state index contributed by atoms with van der Waals surface area (Å²) in [6.45, 7) is 5.79. The molecule has 1 aromatic rings. The third kappa shape index (κ3) is 3.06. The van der Waals surface area contributed by atoms with Crippen LogP contribution in [0.25, 0.3) is 0 Å². The van der Waals surface area contributed by atoms with Gasteiger partial charge in [-0.3, -0.25) is 0 Å². The van der Waals surface area contributed by atoms with Gasteiger partial charge in [-0.05, 0) is 25.5 Å². The van der Waals surface area contributed by atoms with Crippen molar-refractivity contribution in [2.45, 2.75) is 25.7 Å². The molecule has 0 spiro atoms. The summed E-state index contributed by atoms with van der Waals surface area (Å²) in [4.78, 5) is 0.318. The van der Waals surface area contributed by atoms with Gasteiger partial charge in [0.25, 0.3) is 0 Å². The van der Waals surface area contributed by atoms with Gasteiger partial charge in [0.15, 0.2) is 0 Å². The minimum atomic E-state index is -3.49. The molecule has 0 amide bonds. The molecule has 0 saturated heterocycles. The first kappa shape index (κ1) is 14.2. The van der Waals surface area contributed by atoms with Crippen molar-refractivity contribution in [2.75, 3.05) is 19.7 Å². The van der Waals surface area contributed by atoms with Crippen LogP contribution in [-0.4, -0.2) is 37.5 Å². The number of hydrogen-bond acceptors (Lipinski definition) is 3. The van der Waals surface area contributed by atoms with E-state index in [0.717, 1.165) is 11.1 Å². The highest BCUT2D eigenvalue weighted by Gasteiger charge is 2.23. The predicted molar refractivity (Wildman–Crippen MR) is 67.4 cm³/mol. The van der Waals surface area contributed by atoms with Gasteiger partial charge in [-0.15, -0.1) is 0 Å². The fourth-order valence-corrected chi connectivity index (χ4v) is 3.43. The molecule has 4 nitrogen and oxygen atoms in total. The van der Waals surface area contributed by atoms with Gasteiger partial charge in [0.1, 0.15) is 0 Å². The number of hydrogen-bond donors (Lipinski definition) is 1. The Labute approximate surface area is 103 Å². The summed E-state index contributed by atoms with van der Waals surface area (Å²) in [5.41, 5.74) is 1.77.